The molecule has 0 aliphatic carbocycles. The number of benzene rings is 6. The summed E-state index contributed by atoms with van der Waals surface area (Å²) in [5.74, 6) is 0.264. The Hall–Kier alpha value is -4.63. The predicted octanol–water partition coefficient (Wildman–Crippen LogP) is 7.79. The predicted molar refractivity (Wildman–Crippen MR) is 141 cm³/mol. The van der Waals surface area contributed by atoms with E-state index in [4.69, 9.17) is 0 Å². The van der Waals surface area contributed by atoms with Crippen molar-refractivity contribution in [2.45, 2.75) is 0 Å². The van der Waals surface area contributed by atoms with Gasteiger partial charge in [-0.3, -0.25) is 4.79 Å². The Morgan fingerprint density at radius 3 is 1.88 bits per heavy atom. The SMILES string of the molecule is O=C(Nc1ccccc1)c1cccc2cc3ccccc3cc12.Oc1cccc2ccccc12. The van der Waals surface area contributed by atoms with Gasteiger partial charge in [0.05, 0.1) is 0 Å². The molecule has 0 saturated carbocycles. The molecule has 1 amide bonds. The van der Waals surface area contributed by atoms with Crippen LogP contribution in [0.5, 0.6) is 5.75 Å². The van der Waals surface area contributed by atoms with Crippen LogP contribution in [0, 0.1) is 0 Å². The van der Waals surface area contributed by atoms with Crippen molar-refractivity contribution in [3.8, 4) is 5.75 Å². The Kier molecular flexibility index (Phi) is 5.91. The number of para-hydroxylation sites is 1. The molecule has 0 radical (unpaired) electrons. The Balaban J connectivity index is 0.000000183. The lowest BCUT2D eigenvalue weighted by molar-refractivity contribution is 0.102. The summed E-state index contributed by atoms with van der Waals surface area (Å²) in [6.45, 7) is 0. The minimum atomic E-state index is -0.0860. The first-order valence-electron chi connectivity index (χ1n) is 11.1. The first-order valence-corrected chi connectivity index (χ1v) is 11.1. The van der Waals surface area contributed by atoms with Crippen LogP contribution in [0.15, 0.2) is 127 Å². The van der Waals surface area contributed by atoms with E-state index in [-0.39, 0.29) is 5.91 Å². The minimum Gasteiger partial charge on any atom is -0.507 e. The molecule has 3 nitrogen and oxygen atoms in total. The van der Waals surface area contributed by atoms with Crippen molar-refractivity contribution < 1.29 is 9.90 Å². The number of phenols is 1. The quantitative estimate of drug-likeness (QED) is 0.269. The van der Waals surface area contributed by atoms with E-state index in [9.17, 15) is 9.90 Å². The second-order valence-corrected chi connectivity index (χ2v) is 8.04. The van der Waals surface area contributed by atoms with E-state index in [1.165, 1.54) is 5.39 Å². The van der Waals surface area contributed by atoms with E-state index < -0.39 is 0 Å². The second kappa shape index (κ2) is 9.47. The summed E-state index contributed by atoms with van der Waals surface area (Å²) >= 11 is 0. The summed E-state index contributed by atoms with van der Waals surface area (Å²) in [4.78, 5) is 12.7. The summed E-state index contributed by atoms with van der Waals surface area (Å²) in [5, 5.41) is 18.7. The summed E-state index contributed by atoms with van der Waals surface area (Å²) in [6.07, 6.45) is 0. The number of hydrogen-bond donors (Lipinski definition) is 2. The molecular formula is C31H23NO2. The molecule has 6 aromatic carbocycles. The van der Waals surface area contributed by atoms with Crippen LogP contribution in [0.4, 0.5) is 5.69 Å². The number of carbonyl (C=O) groups is 1. The van der Waals surface area contributed by atoms with Crippen LogP contribution in [-0.4, -0.2) is 11.0 Å². The zero-order chi connectivity index (χ0) is 23.3. The fourth-order valence-corrected chi connectivity index (χ4v) is 4.09. The highest BCUT2D eigenvalue weighted by Crippen LogP contribution is 2.26. The fraction of sp³-hybridized carbons (Fsp3) is 0. The van der Waals surface area contributed by atoms with Crippen molar-refractivity contribution >= 4 is 43.9 Å². The Bertz CT molecular complexity index is 1600. The van der Waals surface area contributed by atoms with Crippen molar-refractivity contribution in [1.29, 1.82) is 0 Å². The van der Waals surface area contributed by atoms with Gasteiger partial charge in [-0.1, -0.05) is 91.0 Å². The normalized spacial score (nSPS) is 10.6. The minimum absolute atomic E-state index is 0.0860. The maximum atomic E-state index is 12.7. The van der Waals surface area contributed by atoms with E-state index in [1.807, 2.05) is 97.1 Å². The van der Waals surface area contributed by atoms with Crippen LogP contribution in [0.25, 0.3) is 32.3 Å². The molecule has 2 N–H and O–H groups in total. The van der Waals surface area contributed by atoms with Crippen LogP contribution in [-0.2, 0) is 0 Å². The highest BCUT2D eigenvalue weighted by atomic mass is 16.3. The van der Waals surface area contributed by atoms with Crippen molar-refractivity contribution in [2.24, 2.45) is 0 Å². The van der Waals surface area contributed by atoms with E-state index in [2.05, 4.69) is 29.6 Å². The molecule has 0 heterocycles. The number of aromatic hydroxyl groups is 1. The summed E-state index contributed by atoms with van der Waals surface area (Å²) in [7, 11) is 0. The maximum Gasteiger partial charge on any atom is 0.256 e. The van der Waals surface area contributed by atoms with Crippen LogP contribution in [0.2, 0.25) is 0 Å². The zero-order valence-corrected chi connectivity index (χ0v) is 18.5. The van der Waals surface area contributed by atoms with Crippen molar-refractivity contribution in [3.63, 3.8) is 0 Å². The van der Waals surface area contributed by atoms with Gasteiger partial charge in [0.25, 0.3) is 5.91 Å². The topological polar surface area (TPSA) is 49.3 Å². The van der Waals surface area contributed by atoms with Gasteiger partial charge in [-0.25, -0.2) is 0 Å². The molecule has 34 heavy (non-hydrogen) atoms. The van der Waals surface area contributed by atoms with Crippen LogP contribution in [0.3, 0.4) is 0 Å². The number of hydrogen-bond acceptors (Lipinski definition) is 2. The van der Waals surface area contributed by atoms with Crippen LogP contribution < -0.4 is 5.32 Å². The first-order chi connectivity index (χ1) is 16.7. The van der Waals surface area contributed by atoms with Crippen molar-refractivity contribution in [1.82, 2.24) is 0 Å². The number of amides is 1. The molecule has 164 valence electrons. The van der Waals surface area contributed by atoms with E-state index in [0.29, 0.717) is 11.3 Å². The third kappa shape index (κ3) is 4.45. The van der Waals surface area contributed by atoms with Crippen LogP contribution >= 0.6 is 0 Å². The summed E-state index contributed by atoms with van der Waals surface area (Å²) in [6, 6.07) is 41.1. The molecule has 6 aromatic rings. The van der Waals surface area contributed by atoms with Gasteiger partial charge >= 0.3 is 0 Å². The lowest BCUT2D eigenvalue weighted by Crippen LogP contribution is -2.12. The first kappa shape index (κ1) is 21.2. The van der Waals surface area contributed by atoms with Gasteiger partial charge in [0.1, 0.15) is 5.75 Å². The molecule has 0 aliphatic heterocycles. The third-order valence-electron chi connectivity index (χ3n) is 5.79. The molecule has 0 saturated heterocycles. The summed E-state index contributed by atoms with van der Waals surface area (Å²) in [5.41, 5.74) is 1.49. The largest absolute Gasteiger partial charge is 0.507 e. The zero-order valence-electron chi connectivity index (χ0n) is 18.5. The van der Waals surface area contributed by atoms with E-state index in [1.54, 1.807) is 6.07 Å². The highest BCUT2D eigenvalue weighted by Gasteiger charge is 2.11. The number of rotatable bonds is 2. The van der Waals surface area contributed by atoms with E-state index in [0.717, 1.165) is 32.6 Å². The Morgan fingerprint density at radius 2 is 1.12 bits per heavy atom. The third-order valence-corrected chi connectivity index (χ3v) is 5.79. The van der Waals surface area contributed by atoms with E-state index >= 15 is 0 Å². The average molecular weight is 442 g/mol. The van der Waals surface area contributed by atoms with Gasteiger partial charge in [0, 0.05) is 16.6 Å². The molecule has 0 aliphatic rings. The van der Waals surface area contributed by atoms with Crippen molar-refractivity contribution in [2.75, 3.05) is 5.32 Å². The van der Waals surface area contributed by atoms with Gasteiger partial charge in [-0.2, -0.15) is 0 Å². The van der Waals surface area contributed by atoms with Gasteiger partial charge < -0.3 is 10.4 Å². The Labute approximate surface area is 197 Å². The molecular weight excluding hydrogens is 418 g/mol. The molecule has 0 bridgehead atoms. The van der Waals surface area contributed by atoms with Gasteiger partial charge in [-0.05, 0) is 63.3 Å². The standard InChI is InChI=1S/C21H15NO.C10H8O/c23-21(22-18-10-2-1-3-11-18)19-12-6-9-17-13-15-7-4-5-8-16(15)14-20(17)19;11-10-7-3-5-8-4-1-2-6-9(8)10/h1-14H,(H,22,23);1-7,11H. The smallest absolute Gasteiger partial charge is 0.256 e. The summed E-state index contributed by atoms with van der Waals surface area (Å²) < 4.78 is 0. The van der Waals surface area contributed by atoms with Crippen molar-refractivity contribution in [3.05, 3.63) is 133 Å². The van der Waals surface area contributed by atoms with Gasteiger partial charge in [0.15, 0.2) is 0 Å². The molecule has 6 rings (SSSR count). The number of anilines is 1. The van der Waals surface area contributed by atoms with Gasteiger partial charge in [0.2, 0.25) is 0 Å². The molecule has 0 aromatic heterocycles. The maximum absolute atomic E-state index is 12.7. The molecule has 0 spiro atoms. The number of phenolic OH excluding ortho intramolecular Hbond substituents is 1. The highest BCUT2D eigenvalue weighted by molar-refractivity contribution is 6.15. The molecule has 0 atom stereocenters. The fourth-order valence-electron chi connectivity index (χ4n) is 4.09. The average Bonchev–Trinajstić information content (AvgIpc) is 2.88. The Morgan fingerprint density at radius 1 is 0.529 bits per heavy atom. The molecule has 0 unspecified atom stereocenters. The number of nitrogens with one attached hydrogen (secondary N) is 1. The molecule has 3 heteroatoms. The second-order valence-electron chi connectivity index (χ2n) is 8.04. The number of fused-ring (bicyclic) bond motifs is 3. The lowest BCUT2D eigenvalue weighted by Gasteiger charge is -2.09. The van der Waals surface area contributed by atoms with Crippen LogP contribution in [0.1, 0.15) is 10.4 Å². The van der Waals surface area contributed by atoms with Gasteiger partial charge in [-0.15, -0.1) is 0 Å². The monoisotopic (exact) mass is 441 g/mol. The lowest BCUT2D eigenvalue weighted by atomic mass is 9.99. The molecule has 0 fully saturated rings. The number of carbonyl (C=O) groups excluding carboxylic acids is 1.